The van der Waals surface area contributed by atoms with Gasteiger partial charge in [0.2, 0.25) is 0 Å². The van der Waals surface area contributed by atoms with Crippen LogP contribution in [0.25, 0.3) is 0 Å². The SMILES string of the molecule is CC(C[C]=O)c1ccccc1. The summed E-state index contributed by atoms with van der Waals surface area (Å²) in [5.74, 6) is 0.300. The molecule has 1 aromatic rings. The van der Waals surface area contributed by atoms with E-state index in [2.05, 4.69) is 0 Å². The van der Waals surface area contributed by atoms with Gasteiger partial charge in [-0.1, -0.05) is 37.3 Å². The first-order valence-electron chi connectivity index (χ1n) is 3.74. The van der Waals surface area contributed by atoms with Crippen LogP contribution in [-0.2, 0) is 4.79 Å². The second kappa shape index (κ2) is 3.91. The minimum Gasteiger partial charge on any atom is -0.291 e. The molecular weight excluding hydrogens is 136 g/mol. The topological polar surface area (TPSA) is 17.1 Å². The van der Waals surface area contributed by atoms with Gasteiger partial charge in [-0.3, -0.25) is 4.79 Å². The predicted molar refractivity (Wildman–Crippen MR) is 45.2 cm³/mol. The molecule has 0 N–H and O–H groups in total. The average molecular weight is 147 g/mol. The highest BCUT2D eigenvalue weighted by Gasteiger charge is 2.02. The molecule has 0 aliphatic rings. The van der Waals surface area contributed by atoms with Crippen molar-refractivity contribution in [3.05, 3.63) is 35.9 Å². The predicted octanol–water partition coefficient (Wildman–Crippen LogP) is 2.29. The molecule has 0 bridgehead atoms. The fraction of sp³-hybridized carbons (Fsp3) is 0.300. The van der Waals surface area contributed by atoms with Crippen molar-refractivity contribution in [2.45, 2.75) is 19.3 Å². The maximum atomic E-state index is 10.1. The van der Waals surface area contributed by atoms with E-state index >= 15 is 0 Å². The van der Waals surface area contributed by atoms with E-state index < -0.39 is 0 Å². The molecule has 0 fully saturated rings. The van der Waals surface area contributed by atoms with Crippen molar-refractivity contribution >= 4 is 6.29 Å². The van der Waals surface area contributed by atoms with E-state index in [1.54, 1.807) is 0 Å². The van der Waals surface area contributed by atoms with Crippen LogP contribution < -0.4 is 0 Å². The highest BCUT2D eigenvalue weighted by atomic mass is 16.1. The first-order chi connectivity index (χ1) is 5.34. The van der Waals surface area contributed by atoms with Crippen LogP contribution in [0.3, 0.4) is 0 Å². The lowest BCUT2D eigenvalue weighted by molar-refractivity contribution is 0.545. The molecule has 0 aliphatic heterocycles. The van der Waals surface area contributed by atoms with E-state index in [0.29, 0.717) is 12.3 Å². The van der Waals surface area contributed by atoms with Crippen LogP contribution in [-0.4, -0.2) is 6.29 Å². The summed E-state index contributed by atoms with van der Waals surface area (Å²) < 4.78 is 0. The normalized spacial score (nSPS) is 12.5. The van der Waals surface area contributed by atoms with Crippen LogP contribution in [0.2, 0.25) is 0 Å². The molecule has 0 amide bonds. The third-order valence-corrected chi connectivity index (χ3v) is 1.76. The van der Waals surface area contributed by atoms with Gasteiger partial charge in [-0.05, 0) is 11.5 Å². The number of hydrogen-bond acceptors (Lipinski definition) is 1. The van der Waals surface area contributed by atoms with Gasteiger partial charge in [0.15, 0.2) is 6.29 Å². The number of rotatable bonds is 3. The molecule has 0 aromatic heterocycles. The van der Waals surface area contributed by atoms with Gasteiger partial charge in [0.25, 0.3) is 0 Å². The maximum Gasteiger partial charge on any atom is 0.199 e. The molecule has 0 aliphatic carbocycles. The van der Waals surface area contributed by atoms with E-state index in [9.17, 15) is 4.79 Å². The molecule has 0 spiro atoms. The molecule has 0 saturated heterocycles. The van der Waals surface area contributed by atoms with Crippen LogP contribution >= 0.6 is 0 Å². The quantitative estimate of drug-likeness (QED) is 0.641. The van der Waals surface area contributed by atoms with E-state index in [4.69, 9.17) is 0 Å². The van der Waals surface area contributed by atoms with Crippen molar-refractivity contribution in [2.24, 2.45) is 0 Å². The second-order valence-corrected chi connectivity index (χ2v) is 2.66. The van der Waals surface area contributed by atoms with Gasteiger partial charge in [0.05, 0.1) is 0 Å². The Morgan fingerprint density at radius 3 is 2.55 bits per heavy atom. The van der Waals surface area contributed by atoms with Gasteiger partial charge >= 0.3 is 0 Å². The zero-order chi connectivity index (χ0) is 8.10. The summed E-state index contributed by atoms with van der Waals surface area (Å²) in [5.41, 5.74) is 1.20. The monoisotopic (exact) mass is 147 g/mol. The number of hydrogen-bond donors (Lipinski definition) is 0. The number of carbonyl (C=O) groups excluding carboxylic acids is 1. The Labute approximate surface area is 67.1 Å². The van der Waals surface area contributed by atoms with Crippen molar-refractivity contribution in [2.75, 3.05) is 0 Å². The summed E-state index contributed by atoms with van der Waals surface area (Å²) in [5, 5.41) is 0. The van der Waals surface area contributed by atoms with Gasteiger partial charge < -0.3 is 0 Å². The largest absolute Gasteiger partial charge is 0.291 e. The summed E-state index contributed by atoms with van der Waals surface area (Å²) in [6, 6.07) is 10.00. The van der Waals surface area contributed by atoms with E-state index in [0.717, 1.165) is 0 Å². The zero-order valence-electron chi connectivity index (χ0n) is 6.58. The second-order valence-electron chi connectivity index (χ2n) is 2.66. The summed E-state index contributed by atoms with van der Waals surface area (Å²) in [6.45, 7) is 2.03. The third-order valence-electron chi connectivity index (χ3n) is 1.76. The lowest BCUT2D eigenvalue weighted by atomic mass is 9.99. The number of benzene rings is 1. The third kappa shape index (κ3) is 2.19. The Morgan fingerprint density at radius 1 is 1.36 bits per heavy atom. The van der Waals surface area contributed by atoms with Crippen LogP contribution in [0.15, 0.2) is 30.3 Å². The van der Waals surface area contributed by atoms with Crippen LogP contribution in [0, 0.1) is 0 Å². The first kappa shape index (κ1) is 7.99. The molecule has 1 unspecified atom stereocenters. The smallest absolute Gasteiger partial charge is 0.199 e. The van der Waals surface area contributed by atoms with Crippen molar-refractivity contribution in [3.8, 4) is 0 Å². The Morgan fingerprint density at radius 2 is 2.00 bits per heavy atom. The first-order valence-corrected chi connectivity index (χ1v) is 3.74. The van der Waals surface area contributed by atoms with E-state index in [1.165, 1.54) is 5.56 Å². The zero-order valence-corrected chi connectivity index (χ0v) is 6.58. The fourth-order valence-corrected chi connectivity index (χ4v) is 1.02. The summed E-state index contributed by atoms with van der Waals surface area (Å²) in [4.78, 5) is 10.1. The van der Waals surface area contributed by atoms with Crippen molar-refractivity contribution in [1.82, 2.24) is 0 Å². The minimum absolute atomic E-state index is 0.300. The summed E-state index contributed by atoms with van der Waals surface area (Å²) in [6.07, 6.45) is 2.41. The molecular formula is C10H11O. The van der Waals surface area contributed by atoms with Crippen LogP contribution in [0.1, 0.15) is 24.8 Å². The van der Waals surface area contributed by atoms with E-state index in [1.807, 2.05) is 43.5 Å². The Bertz CT molecular complexity index is 216. The molecule has 57 valence electrons. The highest BCUT2D eigenvalue weighted by Crippen LogP contribution is 2.16. The fourth-order valence-electron chi connectivity index (χ4n) is 1.02. The molecule has 11 heavy (non-hydrogen) atoms. The Balaban J connectivity index is 2.68. The lowest BCUT2D eigenvalue weighted by Crippen LogP contribution is -1.92. The molecule has 1 aromatic carbocycles. The average Bonchev–Trinajstić information content (AvgIpc) is 2.07. The van der Waals surface area contributed by atoms with E-state index in [-0.39, 0.29) is 0 Å². The minimum atomic E-state index is 0.300. The van der Waals surface area contributed by atoms with Gasteiger partial charge in [-0.2, -0.15) is 0 Å². The molecule has 1 heteroatoms. The molecule has 1 radical (unpaired) electrons. The lowest BCUT2D eigenvalue weighted by Gasteiger charge is -2.05. The van der Waals surface area contributed by atoms with Gasteiger partial charge in [-0.15, -0.1) is 0 Å². The maximum absolute atomic E-state index is 10.1. The summed E-state index contributed by atoms with van der Waals surface area (Å²) in [7, 11) is 0. The molecule has 1 nitrogen and oxygen atoms in total. The van der Waals surface area contributed by atoms with Crippen molar-refractivity contribution < 1.29 is 4.79 Å². The molecule has 0 heterocycles. The van der Waals surface area contributed by atoms with Crippen LogP contribution in [0.5, 0.6) is 0 Å². The Hall–Kier alpha value is -1.11. The molecule has 0 saturated carbocycles. The van der Waals surface area contributed by atoms with Gasteiger partial charge in [-0.25, -0.2) is 0 Å². The molecule has 1 atom stereocenters. The van der Waals surface area contributed by atoms with Crippen molar-refractivity contribution in [3.63, 3.8) is 0 Å². The Kier molecular flexibility index (Phi) is 2.84. The highest BCUT2D eigenvalue weighted by molar-refractivity contribution is 5.52. The summed E-state index contributed by atoms with van der Waals surface area (Å²) >= 11 is 0. The van der Waals surface area contributed by atoms with Crippen molar-refractivity contribution in [1.29, 1.82) is 0 Å². The van der Waals surface area contributed by atoms with Gasteiger partial charge in [0.1, 0.15) is 0 Å². The van der Waals surface area contributed by atoms with Crippen LogP contribution in [0.4, 0.5) is 0 Å². The molecule has 1 rings (SSSR count). The standard InChI is InChI=1S/C10H11O/c1-9(7-8-11)10-5-3-2-4-6-10/h2-6,9H,7H2,1H3. The van der Waals surface area contributed by atoms with Gasteiger partial charge in [0, 0.05) is 6.42 Å².